The zero-order valence-corrected chi connectivity index (χ0v) is 27.6. The van der Waals surface area contributed by atoms with Crippen molar-refractivity contribution in [3.63, 3.8) is 0 Å². The summed E-state index contributed by atoms with van der Waals surface area (Å²) in [4.78, 5) is 15.1. The van der Waals surface area contributed by atoms with Gasteiger partial charge in [0, 0.05) is 66.8 Å². The van der Waals surface area contributed by atoms with Crippen LogP contribution in [0.2, 0.25) is 0 Å². The SMILES string of the molecule is C1=Cc2c(oc3ccc(-c4nc(-c5ccccc5)nc(-c5ccc6c7c(oc6c5)C(n5c6ccccc6c6ccccc65)CC=C7)n4)cc23)CC1. The van der Waals surface area contributed by atoms with E-state index in [0.29, 0.717) is 17.5 Å². The Morgan fingerprint density at radius 1 is 0.529 bits per heavy atom. The molecule has 0 saturated heterocycles. The molecule has 0 amide bonds. The minimum Gasteiger partial charge on any atom is -0.460 e. The smallest absolute Gasteiger partial charge is 0.164 e. The van der Waals surface area contributed by atoms with Gasteiger partial charge in [0.25, 0.3) is 0 Å². The summed E-state index contributed by atoms with van der Waals surface area (Å²) >= 11 is 0. The number of hydrogen-bond acceptors (Lipinski definition) is 5. The van der Waals surface area contributed by atoms with Crippen LogP contribution in [0.3, 0.4) is 0 Å². The quantitative estimate of drug-likeness (QED) is 0.188. The highest BCUT2D eigenvalue weighted by molar-refractivity contribution is 6.08. The maximum absolute atomic E-state index is 6.85. The van der Waals surface area contributed by atoms with Crippen LogP contribution in [0.15, 0.2) is 136 Å². The molecule has 0 spiro atoms. The number of fused-ring (bicyclic) bond motifs is 9. The molecule has 9 aromatic rings. The van der Waals surface area contributed by atoms with Crippen molar-refractivity contribution >= 4 is 55.9 Å². The molecule has 5 aromatic carbocycles. The summed E-state index contributed by atoms with van der Waals surface area (Å²) < 4.78 is 15.5. The lowest BCUT2D eigenvalue weighted by atomic mass is 9.97. The van der Waals surface area contributed by atoms with Gasteiger partial charge in [-0.2, -0.15) is 0 Å². The van der Waals surface area contributed by atoms with Gasteiger partial charge in [0.15, 0.2) is 17.5 Å². The molecule has 0 fully saturated rings. The molecule has 2 aliphatic carbocycles. The van der Waals surface area contributed by atoms with Gasteiger partial charge in [0.05, 0.1) is 6.04 Å². The third-order valence-electron chi connectivity index (χ3n) is 10.4. The van der Waals surface area contributed by atoms with Crippen molar-refractivity contribution in [1.82, 2.24) is 19.5 Å². The fourth-order valence-electron chi connectivity index (χ4n) is 8.07. The van der Waals surface area contributed by atoms with E-state index in [2.05, 4.69) is 102 Å². The van der Waals surface area contributed by atoms with Crippen molar-refractivity contribution in [3.8, 4) is 34.2 Å². The lowest BCUT2D eigenvalue weighted by Crippen LogP contribution is -2.12. The van der Waals surface area contributed by atoms with Crippen LogP contribution in [0.1, 0.15) is 41.5 Å². The Balaban J connectivity index is 1.06. The van der Waals surface area contributed by atoms with Crippen LogP contribution in [-0.2, 0) is 6.42 Å². The average molecular weight is 659 g/mol. The zero-order valence-electron chi connectivity index (χ0n) is 27.6. The first kappa shape index (κ1) is 28.3. The highest BCUT2D eigenvalue weighted by atomic mass is 16.3. The molecular weight excluding hydrogens is 629 g/mol. The van der Waals surface area contributed by atoms with E-state index in [9.17, 15) is 0 Å². The van der Waals surface area contributed by atoms with Crippen molar-refractivity contribution in [2.45, 2.75) is 25.3 Å². The second kappa shape index (κ2) is 11.0. The highest BCUT2D eigenvalue weighted by Gasteiger charge is 2.28. The number of allylic oxidation sites excluding steroid dienone is 2. The Labute approximate surface area is 293 Å². The predicted molar refractivity (Wildman–Crippen MR) is 204 cm³/mol. The van der Waals surface area contributed by atoms with Gasteiger partial charge in [-0.1, -0.05) is 97.1 Å². The predicted octanol–water partition coefficient (Wildman–Crippen LogP) is 11.4. The average Bonchev–Trinajstić information content (AvgIpc) is 3.87. The first-order valence-corrected chi connectivity index (χ1v) is 17.5. The maximum Gasteiger partial charge on any atom is 0.164 e. The van der Waals surface area contributed by atoms with E-state index in [0.717, 1.165) is 80.5 Å². The summed E-state index contributed by atoms with van der Waals surface area (Å²) in [5.41, 5.74) is 9.12. The molecule has 0 N–H and O–H groups in total. The van der Waals surface area contributed by atoms with Gasteiger partial charge in [-0.25, -0.2) is 15.0 Å². The van der Waals surface area contributed by atoms with Crippen molar-refractivity contribution < 1.29 is 8.83 Å². The second-order valence-corrected chi connectivity index (χ2v) is 13.4. The molecule has 0 aliphatic heterocycles. The topological polar surface area (TPSA) is 69.9 Å². The first-order valence-electron chi connectivity index (χ1n) is 17.5. The standard InChI is InChI=1S/C45H30N4O2/c1-2-11-27(12-3-1)43-46-44(28-22-24-40-35(25-28)32-15-6-9-20-39(32)50-40)48-45(47-43)29-21-23-33-34-16-10-19-38(42(34)51-41(33)26-29)49-36-17-7-4-13-30(36)31-14-5-8-18-37(31)49/h1-8,10-18,21-26,38H,9,19-20H2. The third kappa shape index (κ3) is 4.39. The largest absolute Gasteiger partial charge is 0.460 e. The number of nitrogens with zero attached hydrogens (tertiary/aromatic N) is 4. The molecule has 1 unspecified atom stereocenters. The lowest BCUT2D eigenvalue weighted by Gasteiger charge is -2.21. The number of furan rings is 2. The van der Waals surface area contributed by atoms with Crippen molar-refractivity contribution in [1.29, 1.82) is 0 Å². The van der Waals surface area contributed by atoms with E-state index in [1.165, 1.54) is 21.8 Å². The summed E-state index contributed by atoms with van der Waals surface area (Å²) in [7, 11) is 0. The van der Waals surface area contributed by atoms with Crippen LogP contribution in [0, 0.1) is 0 Å². The third-order valence-corrected chi connectivity index (χ3v) is 10.4. The monoisotopic (exact) mass is 658 g/mol. The molecule has 51 heavy (non-hydrogen) atoms. The molecule has 6 heteroatoms. The minimum absolute atomic E-state index is 0.0255. The molecular formula is C45H30N4O2. The number of para-hydroxylation sites is 2. The van der Waals surface area contributed by atoms with Crippen LogP contribution < -0.4 is 0 Å². The Morgan fingerprint density at radius 2 is 1.20 bits per heavy atom. The molecule has 0 bridgehead atoms. The number of benzene rings is 5. The Kier molecular flexibility index (Phi) is 6.10. The molecule has 4 aromatic heterocycles. The fraction of sp³-hybridized carbons (Fsp3) is 0.0889. The first-order chi connectivity index (χ1) is 25.3. The maximum atomic E-state index is 6.85. The van der Waals surface area contributed by atoms with Crippen LogP contribution in [0.5, 0.6) is 0 Å². The van der Waals surface area contributed by atoms with Crippen LogP contribution >= 0.6 is 0 Å². The summed E-state index contributed by atoms with van der Waals surface area (Å²) in [6.07, 6.45) is 11.6. The van der Waals surface area contributed by atoms with Gasteiger partial charge >= 0.3 is 0 Å². The van der Waals surface area contributed by atoms with Gasteiger partial charge in [0.2, 0.25) is 0 Å². The fourth-order valence-corrected chi connectivity index (χ4v) is 8.07. The normalized spacial score (nSPS) is 15.3. The second-order valence-electron chi connectivity index (χ2n) is 13.4. The minimum atomic E-state index is 0.0255. The van der Waals surface area contributed by atoms with Crippen LogP contribution in [0.25, 0.3) is 90.1 Å². The lowest BCUT2D eigenvalue weighted by molar-refractivity contribution is 0.461. The summed E-state index contributed by atoms with van der Waals surface area (Å²) in [5.74, 6) is 3.85. The van der Waals surface area contributed by atoms with E-state index >= 15 is 0 Å². The number of rotatable bonds is 4. The molecule has 242 valence electrons. The Morgan fingerprint density at radius 3 is 1.98 bits per heavy atom. The summed E-state index contributed by atoms with van der Waals surface area (Å²) in [6, 6.07) is 40.0. The number of aromatic nitrogens is 4. The molecule has 0 saturated carbocycles. The van der Waals surface area contributed by atoms with Crippen molar-refractivity contribution in [3.05, 3.63) is 150 Å². The van der Waals surface area contributed by atoms with Gasteiger partial charge in [0.1, 0.15) is 22.7 Å². The van der Waals surface area contributed by atoms with Gasteiger partial charge < -0.3 is 13.4 Å². The molecule has 6 nitrogen and oxygen atoms in total. The van der Waals surface area contributed by atoms with E-state index in [1.807, 2.05) is 42.5 Å². The van der Waals surface area contributed by atoms with E-state index < -0.39 is 0 Å². The summed E-state index contributed by atoms with van der Waals surface area (Å²) in [5, 5.41) is 4.67. The van der Waals surface area contributed by atoms with Gasteiger partial charge in [-0.15, -0.1) is 0 Å². The highest BCUT2D eigenvalue weighted by Crippen LogP contribution is 2.43. The molecule has 11 rings (SSSR count). The van der Waals surface area contributed by atoms with E-state index in [1.54, 1.807) is 0 Å². The molecule has 0 radical (unpaired) electrons. The molecule has 4 heterocycles. The molecule has 1 atom stereocenters. The number of hydrogen-bond donors (Lipinski definition) is 0. The molecule has 2 aliphatic rings. The van der Waals surface area contributed by atoms with E-state index in [4.69, 9.17) is 23.8 Å². The van der Waals surface area contributed by atoms with Gasteiger partial charge in [-0.05, 0) is 55.3 Å². The van der Waals surface area contributed by atoms with Crippen molar-refractivity contribution in [2.24, 2.45) is 0 Å². The van der Waals surface area contributed by atoms with Gasteiger partial charge in [-0.3, -0.25) is 0 Å². The van der Waals surface area contributed by atoms with E-state index in [-0.39, 0.29) is 6.04 Å². The zero-order chi connectivity index (χ0) is 33.5. The Hall–Kier alpha value is -6.53. The van der Waals surface area contributed by atoms with Crippen LogP contribution in [-0.4, -0.2) is 19.5 Å². The van der Waals surface area contributed by atoms with Crippen molar-refractivity contribution in [2.75, 3.05) is 0 Å². The Bertz CT molecular complexity index is 2850. The number of aryl methyl sites for hydroxylation is 1. The summed E-state index contributed by atoms with van der Waals surface area (Å²) in [6.45, 7) is 0. The van der Waals surface area contributed by atoms with Crippen LogP contribution in [0.4, 0.5) is 0 Å².